The highest BCUT2D eigenvalue weighted by Crippen LogP contribution is 2.19. The predicted octanol–water partition coefficient (Wildman–Crippen LogP) is 4.81. The molecule has 1 heterocycles. The summed E-state index contributed by atoms with van der Waals surface area (Å²) >= 11 is 5.96. The number of hydrogen-bond donors (Lipinski definition) is 2. The van der Waals surface area contributed by atoms with Gasteiger partial charge in [0.05, 0.1) is 5.69 Å². The predicted molar refractivity (Wildman–Crippen MR) is 95.3 cm³/mol. The fourth-order valence-corrected chi connectivity index (χ4v) is 2.47. The summed E-state index contributed by atoms with van der Waals surface area (Å²) in [4.78, 5) is 8.30. The Balaban J connectivity index is 1.61. The zero-order chi connectivity index (χ0) is 17.6. The van der Waals surface area contributed by atoms with Crippen LogP contribution < -0.4 is 10.6 Å². The normalized spacial score (nSPS) is 10.5. The molecule has 0 atom stereocenters. The van der Waals surface area contributed by atoms with Gasteiger partial charge >= 0.3 is 0 Å². The third-order valence-corrected chi connectivity index (χ3v) is 3.68. The van der Waals surface area contributed by atoms with Gasteiger partial charge in [-0.3, -0.25) is 0 Å². The molecule has 4 nitrogen and oxygen atoms in total. The second-order valence-electron chi connectivity index (χ2n) is 5.32. The lowest BCUT2D eigenvalue weighted by molar-refractivity contribution is 0.586. The summed E-state index contributed by atoms with van der Waals surface area (Å²) in [6, 6.07) is 12.6. The minimum Gasteiger partial charge on any atom is -0.370 e. The van der Waals surface area contributed by atoms with Gasteiger partial charge in [-0.25, -0.2) is 13.8 Å². The molecule has 0 amide bonds. The van der Waals surface area contributed by atoms with E-state index < -0.39 is 11.6 Å². The summed E-state index contributed by atoms with van der Waals surface area (Å²) in [5, 5.41) is 6.61. The molecular weight excluding hydrogens is 346 g/mol. The molecule has 2 aromatic carbocycles. The Labute approximate surface area is 148 Å². The number of nitrogens with one attached hydrogen (secondary N) is 2. The molecule has 2 N–H and O–H groups in total. The van der Waals surface area contributed by atoms with Crippen molar-refractivity contribution in [3.8, 4) is 0 Å². The molecule has 0 saturated carbocycles. The molecule has 1 aromatic heterocycles. The van der Waals surface area contributed by atoms with Crippen LogP contribution in [0.5, 0.6) is 0 Å². The Morgan fingerprint density at radius 2 is 1.92 bits per heavy atom. The van der Waals surface area contributed by atoms with Crippen molar-refractivity contribution in [2.45, 2.75) is 6.42 Å². The van der Waals surface area contributed by atoms with E-state index in [0.29, 0.717) is 17.4 Å². The molecule has 0 spiro atoms. The number of anilines is 3. The van der Waals surface area contributed by atoms with Gasteiger partial charge in [-0.2, -0.15) is 4.98 Å². The lowest BCUT2D eigenvalue weighted by Crippen LogP contribution is -2.08. The van der Waals surface area contributed by atoms with Gasteiger partial charge in [0.15, 0.2) is 0 Å². The average Bonchev–Trinajstić information content (AvgIpc) is 2.58. The summed E-state index contributed by atoms with van der Waals surface area (Å²) in [5.74, 6) is -0.524. The van der Waals surface area contributed by atoms with Crippen LogP contribution in [0.25, 0.3) is 0 Å². The van der Waals surface area contributed by atoms with Gasteiger partial charge in [0.2, 0.25) is 5.95 Å². The van der Waals surface area contributed by atoms with Crippen molar-refractivity contribution >= 4 is 29.1 Å². The third-order valence-electron chi connectivity index (χ3n) is 3.44. The van der Waals surface area contributed by atoms with Crippen molar-refractivity contribution in [2.24, 2.45) is 0 Å². The molecule has 3 aromatic rings. The molecule has 3 rings (SSSR count). The van der Waals surface area contributed by atoms with Gasteiger partial charge in [-0.15, -0.1) is 0 Å². The van der Waals surface area contributed by atoms with Gasteiger partial charge in [0, 0.05) is 23.8 Å². The van der Waals surface area contributed by atoms with Crippen LogP contribution in [0.4, 0.5) is 26.2 Å². The molecule has 0 radical (unpaired) electrons. The van der Waals surface area contributed by atoms with E-state index in [9.17, 15) is 8.78 Å². The molecule has 7 heteroatoms. The first kappa shape index (κ1) is 17.1. The summed E-state index contributed by atoms with van der Waals surface area (Å²) in [6.07, 6.45) is 2.33. The molecule has 0 aliphatic heterocycles. The molecule has 128 valence electrons. The lowest BCUT2D eigenvalue weighted by atomic mass is 10.1. The van der Waals surface area contributed by atoms with E-state index in [0.717, 1.165) is 18.1 Å². The maximum absolute atomic E-state index is 13.7. The second-order valence-corrected chi connectivity index (χ2v) is 5.76. The van der Waals surface area contributed by atoms with Gasteiger partial charge in [-0.1, -0.05) is 23.7 Å². The molecule has 0 aliphatic carbocycles. The van der Waals surface area contributed by atoms with Crippen LogP contribution >= 0.6 is 11.6 Å². The van der Waals surface area contributed by atoms with Crippen LogP contribution in [0.2, 0.25) is 5.02 Å². The molecule has 0 saturated heterocycles. The topological polar surface area (TPSA) is 49.8 Å². The molecule has 25 heavy (non-hydrogen) atoms. The highest BCUT2D eigenvalue weighted by molar-refractivity contribution is 6.30. The highest BCUT2D eigenvalue weighted by atomic mass is 35.5. The van der Waals surface area contributed by atoms with E-state index in [1.807, 2.05) is 24.3 Å². The number of hydrogen-bond acceptors (Lipinski definition) is 4. The number of halogens is 3. The standard InChI is InChI=1S/C18H15ClF2N4/c19-13-3-1-2-12(10-13)6-8-22-17-7-9-23-18(25-17)24-16-5-4-14(20)11-15(16)21/h1-5,7,9-11H,6,8H2,(H2,22,23,24,25). The van der Waals surface area contributed by atoms with Gasteiger partial charge in [-0.05, 0) is 42.3 Å². The molecule has 0 unspecified atom stereocenters. The van der Waals surface area contributed by atoms with Crippen LogP contribution in [0.15, 0.2) is 54.7 Å². The Kier molecular flexibility index (Phi) is 5.40. The van der Waals surface area contributed by atoms with Crippen LogP contribution in [-0.4, -0.2) is 16.5 Å². The van der Waals surface area contributed by atoms with Crippen molar-refractivity contribution in [3.05, 3.63) is 76.9 Å². The monoisotopic (exact) mass is 360 g/mol. The summed E-state index contributed by atoms with van der Waals surface area (Å²) < 4.78 is 26.6. The van der Waals surface area contributed by atoms with Crippen molar-refractivity contribution in [3.63, 3.8) is 0 Å². The molecule has 0 aliphatic rings. The minimum absolute atomic E-state index is 0.109. The van der Waals surface area contributed by atoms with Gasteiger partial charge < -0.3 is 10.6 Å². The van der Waals surface area contributed by atoms with E-state index in [1.165, 1.54) is 12.1 Å². The maximum atomic E-state index is 13.7. The minimum atomic E-state index is -0.706. The zero-order valence-electron chi connectivity index (χ0n) is 13.1. The van der Waals surface area contributed by atoms with E-state index in [-0.39, 0.29) is 11.6 Å². The first-order valence-electron chi connectivity index (χ1n) is 7.63. The van der Waals surface area contributed by atoms with Crippen molar-refractivity contribution < 1.29 is 8.78 Å². The Hall–Kier alpha value is -2.73. The second kappa shape index (κ2) is 7.90. The number of aromatic nitrogens is 2. The van der Waals surface area contributed by atoms with Crippen LogP contribution in [-0.2, 0) is 6.42 Å². The van der Waals surface area contributed by atoms with Gasteiger partial charge in [0.1, 0.15) is 17.5 Å². The van der Waals surface area contributed by atoms with E-state index >= 15 is 0 Å². The summed E-state index contributed by atoms with van der Waals surface area (Å²) in [5.41, 5.74) is 1.22. The molecule has 0 fully saturated rings. The molecular formula is C18H15ClF2N4. The van der Waals surface area contributed by atoms with E-state index in [4.69, 9.17) is 11.6 Å². The zero-order valence-corrected chi connectivity index (χ0v) is 13.9. The quantitative estimate of drug-likeness (QED) is 0.662. The highest BCUT2D eigenvalue weighted by Gasteiger charge is 2.06. The Bertz CT molecular complexity index is 873. The largest absolute Gasteiger partial charge is 0.370 e. The first-order valence-corrected chi connectivity index (χ1v) is 8.01. The fraction of sp³-hybridized carbons (Fsp3) is 0.111. The Morgan fingerprint density at radius 3 is 2.72 bits per heavy atom. The number of benzene rings is 2. The van der Waals surface area contributed by atoms with Crippen LogP contribution in [0.1, 0.15) is 5.56 Å². The van der Waals surface area contributed by atoms with E-state index in [2.05, 4.69) is 20.6 Å². The van der Waals surface area contributed by atoms with Crippen molar-refractivity contribution in [2.75, 3.05) is 17.2 Å². The fourth-order valence-electron chi connectivity index (χ4n) is 2.26. The third kappa shape index (κ3) is 4.87. The van der Waals surface area contributed by atoms with Crippen LogP contribution in [0.3, 0.4) is 0 Å². The number of nitrogens with zero attached hydrogens (tertiary/aromatic N) is 2. The molecule has 0 bridgehead atoms. The smallest absolute Gasteiger partial charge is 0.229 e. The SMILES string of the molecule is Fc1ccc(Nc2nccc(NCCc3cccc(Cl)c3)n2)c(F)c1. The van der Waals surface area contributed by atoms with Crippen LogP contribution in [0, 0.1) is 11.6 Å². The van der Waals surface area contributed by atoms with Gasteiger partial charge in [0.25, 0.3) is 0 Å². The maximum Gasteiger partial charge on any atom is 0.229 e. The summed E-state index contributed by atoms with van der Waals surface area (Å²) in [7, 11) is 0. The number of rotatable bonds is 6. The summed E-state index contributed by atoms with van der Waals surface area (Å²) in [6.45, 7) is 0.654. The Morgan fingerprint density at radius 1 is 1.04 bits per heavy atom. The average molecular weight is 361 g/mol. The van der Waals surface area contributed by atoms with E-state index in [1.54, 1.807) is 12.3 Å². The van der Waals surface area contributed by atoms with Crippen molar-refractivity contribution in [1.29, 1.82) is 0 Å². The lowest BCUT2D eigenvalue weighted by Gasteiger charge is -2.09. The first-order chi connectivity index (χ1) is 12.1. The van der Waals surface area contributed by atoms with Crippen molar-refractivity contribution in [1.82, 2.24) is 9.97 Å².